The lowest BCUT2D eigenvalue weighted by Crippen LogP contribution is -2.32. The predicted octanol–water partition coefficient (Wildman–Crippen LogP) is 1.75. The average molecular weight is 347 g/mol. The Morgan fingerprint density at radius 2 is 2.25 bits per heavy atom. The zero-order chi connectivity index (χ0) is 16.8. The van der Waals surface area contributed by atoms with Gasteiger partial charge in [0.05, 0.1) is 11.9 Å². The topological polar surface area (TPSA) is 81.9 Å². The molecule has 1 saturated heterocycles. The number of hydrogen-bond donors (Lipinski definition) is 1. The molecule has 1 amide bonds. The van der Waals surface area contributed by atoms with Gasteiger partial charge in [-0.1, -0.05) is 11.8 Å². The van der Waals surface area contributed by atoms with E-state index in [0.717, 1.165) is 42.5 Å². The summed E-state index contributed by atoms with van der Waals surface area (Å²) in [5, 5.41) is 12.1. The van der Waals surface area contributed by atoms with E-state index in [2.05, 4.69) is 20.5 Å². The van der Waals surface area contributed by atoms with Crippen molar-refractivity contribution in [3.8, 4) is 11.4 Å². The summed E-state index contributed by atoms with van der Waals surface area (Å²) in [6.45, 7) is 4.16. The van der Waals surface area contributed by atoms with E-state index in [1.54, 1.807) is 12.4 Å². The molecule has 3 heterocycles. The first-order valence-electron chi connectivity index (χ1n) is 8.12. The average Bonchev–Trinajstić information content (AvgIpc) is 3.28. The van der Waals surface area contributed by atoms with E-state index in [4.69, 9.17) is 4.74 Å². The molecule has 3 rings (SSSR count). The van der Waals surface area contributed by atoms with Gasteiger partial charge in [0.15, 0.2) is 11.0 Å². The second kappa shape index (κ2) is 8.25. The second-order valence-electron chi connectivity index (χ2n) is 5.51. The highest BCUT2D eigenvalue weighted by atomic mass is 32.2. The Bertz CT molecular complexity index is 670. The van der Waals surface area contributed by atoms with Gasteiger partial charge in [0.2, 0.25) is 5.91 Å². The van der Waals surface area contributed by atoms with E-state index in [0.29, 0.717) is 12.3 Å². The van der Waals surface area contributed by atoms with Crippen LogP contribution in [-0.2, 0) is 16.1 Å². The maximum absolute atomic E-state index is 12.0. The van der Waals surface area contributed by atoms with Gasteiger partial charge in [0, 0.05) is 37.7 Å². The van der Waals surface area contributed by atoms with Crippen molar-refractivity contribution >= 4 is 17.7 Å². The van der Waals surface area contributed by atoms with Gasteiger partial charge in [-0.2, -0.15) is 0 Å². The van der Waals surface area contributed by atoms with Crippen molar-refractivity contribution in [1.29, 1.82) is 0 Å². The van der Waals surface area contributed by atoms with Crippen molar-refractivity contribution in [3.05, 3.63) is 24.5 Å². The van der Waals surface area contributed by atoms with Crippen LogP contribution in [0.2, 0.25) is 0 Å². The van der Waals surface area contributed by atoms with Gasteiger partial charge in [-0.25, -0.2) is 0 Å². The van der Waals surface area contributed by atoms with Crippen LogP contribution in [0.1, 0.15) is 19.8 Å². The molecule has 0 bridgehead atoms. The molecule has 7 nitrogen and oxygen atoms in total. The van der Waals surface area contributed by atoms with Crippen LogP contribution in [0, 0.1) is 0 Å². The number of aromatic nitrogens is 4. The van der Waals surface area contributed by atoms with Gasteiger partial charge in [-0.3, -0.25) is 9.78 Å². The third-order valence-corrected chi connectivity index (χ3v) is 4.82. The van der Waals surface area contributed by atoms with Gasteiger partial charge < -0.3 is 14.6 Å². The summed E-state index contributed by atoms with van der Waals surface area (Å²) in [6, 6.07) is 3.80. The lowest BCUT2D eigenvalue weighted by atomic mass is 10.2. The van der Waals surface area contributed by atoms with Crippen LogP contribution in [0.5, 0.6) is 0 Å². The molecule has 0 saturated carbocycles. The normalized spacial score (nSPS) is 17.1. The van der Waals surface area contributed by atoms with Gasteiger partial charge in [-0.05, 0) is 31.9 Å². The lowest BCUT2D eigenvalue weighted by Gasteiger charge is -2.11. The summed E-state index contributed by atoms with van der Waals surface area (Å²) in [6.07, 6.45) is 5.72. The molecular formula is C16H21N5O2S. The number of amides is 1. The number of carbonyl (C=O) groups is 1. The molecule has 1 fully saturated rings. The smallest absolute Gasteiger partial charge is 0.230 e. The van der Waals surface area contributed by atoms with E-state index >= 15 is 0 Å². The van der Waals surface area contributed by atoms with Crippen LogP contribution in [0.4, 0.5) is 0 Å². The van der Waals surface area contributed by atoms with Gasteiger partial charge in [-0.15, -0.1) is 10.2 Å². The van der Waals surface area contributed by atoms with Crippen molar-refractivity contribution in [2.75, 3.05) is 18.9 Å². The first kappa shape index (κ1) is 16.9. The summed E-state index contributed by atoms with van der Waals surface area (Å²) in [4.78, 5) is 16.0. The Hall–Kier alpha value is -1.93. The first-order chi connectivity index (χ1) is 11.8. The molecule has 0 aromatic carbocycles. The summed E-state index contributed by atoms with van der Waals surface area (Å²) in [5.41, 5.74) is 0.967. The zero-order valence-electron chi connectivity index (χ0n) is 13.6. The summed E-state index contributed by atoms with van der Waals surface area (Å²) >= 11 is 1.40. The Morgan fingerprint density at radius 1 is 1.42 bits per heavy atom. The lowest BCUT2D eigenvalue weighted by molar-refractivity contribution is -0.119. The third-order valence-electron chi connectivity index (χ3n) is 3.85. The molecule has 1 atom stereocenters. The largest absolute Gasteiger partial charge is 0.376 e. The van der Waals surface area contributed by atoms with E-state index < -0.39 is 0 Å². The maximum atomic E-state index is 12.0. The van der Waals surface area contributed by atoms with E-state index in [1.807, 2.05) is 23.6 Å². The fourth-order valence-electron chi connectivity index (χ4n) is 2.61. The highest BCUT2D eigenvalue weighted by Crippen LogP contribution is 2.23. The summed E-state index contributed by atoms with van der Waals surface area (Å²) in [7, 11) is 0. The second-order valence-corrected chi connectivity index (χ2v) is 6.46. The van der Waals surface area contributed by atoms with Crippen LogP contribution in [0.3, 0.4) is 0 Å². The van der Waals surface area contributed by atoms with Gasteiger partial charge in [0.1, 0.15) is 0 Å². The zero-order valence-corrected chi connectivity index (χ0v) is 14.5. The van der Waals surface area contributed by atoms with Crippen molar-refractivity contribution in [1.82, 2.24) is 25.1 Å². The molecule has 2 aromatic heterocycles. The van der Waals surface area contributed by atoms with Crippen LogP contribution in [0.25, 0.3) is 11.4 Å². The molecule has 0 aliphatic carbocycles. The van der Waals surface area contributed by atoms with Crippen molar-refractivity contribution < 1.29 is 9.53 Å². The van der Waals surface area contributed by atoms with E-state index in [1.165, 1.54) is 11.8 Å². The Kier molecular flexibility index (Phi) is 5.81. The van der Waals surface area contributed by atoms with Gasteiger partial charge in [0.25, 0.3) is 0 Å². The van der Waals surface area contributed by atoms with Crippen LogP contribution in [0.15, 0.2) is 29.7 Å². The molecule has 0 spiro atoms. The number of thioether (sulfide) groups is 1. The minimum atomic E-state index is -0.00776. The van der Waals surface area contributed by atoms with Crippen LogP contribution in [-0.4, -0.2) is 50.7 Å². The number of pyridine rings is 1. The Morgan fingerprint density at radius 3 is 2.96 bits per heavy atom. The fourth-order valence-corrected chi connectivity index (χ4v) is 3.44. The molecule has 0 unspecified atom stereocenters. The monoisotopic (exact) mass is 347 g/mol. The summed E-state index contributed by atoms with van der Waals surface area (Å²) < 4.78 is 7.51. The van der Waals surface area contributed by atoms with Crippen LogP contribution >= 0.6 is 11.8 Å². The number of rotatable bonds is 7. The molecule has 24 heavy (non-hydrogen) atoms. The predicted molar refractivity (Wildman–Crippen MR) is 91.6 cm³/mol. The number of ether oxygens (including phenoxy) is 1. The SMILES string of the molecule is CCn1c(SCC(=O)NC[C@H]2CCCO2)nnc1-c1ccncc1. The molecule has 1 aliphatic heterocycles. The highest BCUT2D eigenvalue weighted by molar-refractivity contribution is 7.99. The van der Waals surface area contributed by atoms with E-state index in [9.17, 15) is 4.79 Å². The van der Waals surface area contributed by atoms with Gasteiger partial charge >= 0.3 is 0 Å². The molecule has 2 aromatic rings. The Balaban J connectivity index is 1.57. The molecule has 0 radical (unpaired) electrons. The molecule has 8 heteroatoms. The highest BCUT2D eigenvalue weighted by Gasteiger charge is 2.17. The number of hydrogen-bond acceptors (Lipinski definition) is 6. The third kappa shape index (κ3) is 4.12. The van der Waals surface area contributed by atoms with Crippen molar-refractivity contribution in [2.45, 2.75) is 37.6 Å². The van der Waals surface area contributed by atoms with Crippen LogP contribution < -0.4 is 5.32 Å². The first-order valence-corrected chi connectivity index (χ1v) is 9.11. The minimum absolute atomic E-state index is 0.00776. The fraction of sp³-hybridized carbons (Fsp3) is 0.500. The minimum Gasteiger partial charge on any atom is -0.376 e. The standard InChI is InChI=1S/C16H21N5O2S/c1-2-21-15(12-5-7-17-8-6-12)19-20-16(21)24-11-14(22)18-10-13-4-3-9-23-13/h5-8,13H,2-4,9-11H2,1H3,(H,18,22)/t13-/m1/s1. The molecule has 1 aliphatic rings. The molecule has 1 N–H and O–H groups in total. The van der Waals surface area contributed by atoms with Crippen molar-refractivity contribution in [3.63, 3.8) is 0 Å². The quantitative estimate of drug-likeness (QED) is 0.769. The van der Waals surface area contributed by atoms with E-state index in [-0.39, 0.29) is 12.0 Å². The summed E-state index contributed by atoms with van der Waals surface area (Å²) in [5.74, 6) is 1.11. The maximum Gasteiger partial charge on any atom is 0.230 e. The Labute approximate surface area is 145 Å². The van der Waals surface area contributed by atoms with Crippen molar-refractivity contribution in [2.24, 2.45) is 0 Å². The number of carbonyl (C=O) groups excluding carboxylic acids is 1. The molecule has 128 valence electrons. The molecular weight excluding hydrogens is 326 g/mol. The number of nitrogens with zero attached hydrogens (tertiary/aromatic N) is 4. The number of nitrogens with one attached hydrogen (secondary N) is 1.